The maximum Gasteiger partial charge on any atom is 0.397 e. The number of likely N-dealkylation sites (N-methyl/N-ethyl adjacent to an activating group) is 1. The number of ketones is 2. The van der Waals surface area contributed by atoms with Gasteiger partial charge in [-0.3, -0.25) is 23.7 Å². The molecular formula is C66H117NO22S. The number of methoxy groups -OCH3 is 1. The number of rotatable bonds is 26. The molecule has 4 fully saturated rings. The molecule has 4 rings (SSSR count). The van der Waals surface area contributed by atoms with E-state index in [-0.39, 0.29) is 56.8 Å². The molecular weight excluding hydrogens is 1190 g/mol. The van der Waals surface area contributed by atoms with Crippen molar-refractivity contribution < 1.29 is 105 Å². The number of unbranched alkanes of at least 4 members (excludes halogenated alkanes) is 10. The summed E-state index contributed by atoms with van der Waals surface area (Å²) in [5.41, 5.74) is -4.92. The summed E-state index contributed by atoms with van der Waals surface area (Å²) in [5.74, 6) is -7.36. The molecule has 1 aliphatic carbocycles. The van der Waals surface area contributed by atoms with Gasteiger partial charge in [0.25, 0.3) is 0 Å². The Morgan fingerprint density at radius 2 is 1.36 bits per heavy atom. The molecule has 7 N–H and O–H groups in total. The number of aliphatic hydroxyl groups excluding tert-OH is 4. The Hall–Kier alpha value is -3.18. The lowest BCUT2D eigenvalue weighted by Gasteiger charge is -2.49. The standard InChI is InChI=1S/C40H71NO14.C14H20O4.C12H26O4S/c1-15-27-40(11,48)33(44)22(5)30(43)20(3)18-38(9,47)35(55-37-32(53-28(42)16-2)26(41(12)13)17-21(4)50-37)23(6)31(24(7)36(46)52-27)54-29-19-39(10,49-14)34(45)25(8)51-29;1-2-3-4-5-6-7-10-8-12(16)14(18)13(17)11(10)9-15;1-2-3-4-5-6-7-8-9-10-11-12-16-17(13,14)15/h20-27,29,31-35,37,44-45,47-48H,15-19H2,1-14H3;4-7,9-12,14,16,18H,2-3,8H2,1H3;2-12H2,1H3,(H,13,14,15). The van der Waals surface area contributed by atoms with Gasteiger partial charge in [0.05, 0.1) is 72.3 Å². The largest absolute Gasteiger partial charge is 0.459 e. The van der Waals surface area contributed by atoms with E-state index >= 15 is 0 Å². The van der Waals surface area contributed by atoms with Crippen LogP contribution >= 0.6 is 0 Å². The molecule has 3 saturated heterocycles. The van der Waals surface area contributed by atoms with Crippen LogP contribution in [0.5, 0.6) is 0 Å². The molecule has 4 aliphatic rings. The Morgan fingerprint density at radius 3 is 1.89 bits per heavy atom. The van der Waals surface area contributed by atoms with Crippen molar-refractivity contribution in [2.24, 2.45) is 35.5 Å². The van der Waals surface area contributed by atoms with Crippen molar-refractivity contribution in [3.63, 3.8) is 0 Å². The third-order valence-corrected chi connectivity index (χ3v) is 18.7. The highest BCUT2D eigenvalue weighted by Crippen LogP contribution is 2.41. The zero-order chi connectivity index (χ0) is 68.5. The third-order valence-electron chi connectivity index (χ3n) is 18.2. The molecule has 22 atom stereocenters. The molecule has 3 aliphatic heterocycles. The normalized spacial score (nSPS) is 37.6. The van der Waals surface area contributed by atoms with Gasteiger partial charge in [-0.1, -0.05) is 137 Å². The fraction of sp³-hybridized carbons (Fsp3) is 0.864. The molecule has 90 heavy (non-hydrogen) atoms. The van der Waals surface area contributed by atoms with Crippen molar-refractivity contribution in [1.29, 1.82) is 0 Å². The number of carbonyl (C=O) groups excluding carboxylic acids is 5. The molecule has 0 radical (unpaired) electrons. The van der Waals surface area contributed by atoms with Crippen LogP contribution < -0.4 is 0 Å². The van der Waals surface area contributed by atoms with E-state index in [9.17, 15) is 63.0 Å². The second-order valence-electron chi connectivity index (χ2n) is 26.3. The van der Waals surface area contributed by atoms with E-state index in [1.54, 1.807) is 60.6 Å². The average Bonchev–Trinajstić information content (AvgIpc) is 0.918. The number of esters is 2. The molecule has 0 amide bonds. The molecule has 22 unspecified atom stereocenters. The number of hydrogen-bond acceptors (Lipinski definition) is 22. The zero-order valence-electron chi connectivity index (χ0n) is 56.9. The van der Waals surface area contributed by atoms with Crippen LogP contribution in [0.15, 0.2) is 24.3 Å². The molecule has 0 bridgehead atoms. The number of allylic oxidation sites excluding steroid dienone is 4. The highest BCUT2D eigenvalue weighted by atomic mass is 32.3. The van der Waals surface area contributed by atoms with Crippen molar-refractivity contribution in [2.75, 3.05) is 27.8 Å². The first-order valence-corrected chi connectivity index (χ1v) is 34.3. The smallest absolute Gasteiger partial charge is 0.397 e. The number of aldehydes is 1. The van der Waals surface area contributed by atoms with Crippen molar-refractivity contribution in [1.82, 2.24) is 4.90 Å². The number of aliphatic hydroxyl groups is 6. The molecule has 3 heterocycles. The van der Waals surface area contributed by atoms with Crippen LogP contribution in [0.1, 0.15) is 206 Å². The van der Waals surface area contributed by atoms with Crippen LogP contribution in [0.4, 0.5) is 0 Å². The van der Waals surface area contributed by atoms with Gasteiger partial charge in [-0.15, -0.1) is 0 Å². The molecule has 524 valence electrons. The number of hydrogen-bond donors (Lipinski definition) is 7. The fourth-order valence-electron chi connectivity index (χ4n) is 12.6. The number of cyclic esters (lactones) is 1. The Bertz CT molecular complexity index is 2320. The first kappa shape index (κ1) is 82.9. The van der Waals surface area contributed by atoms with Crippen LogP contribution in [0, 0.1) is 35.5 Å². The lowest BCUT2D eigenvalue weighted by molar-refractivity contribution is -0.319. The topological polar surface area (TPSA) is 338 Å². The van der Waals surface area contributed by atoms with E-state index in [0.29, 0.717) is 19.1 Å². The molecule has 23 nitrogen and oxygen atoms in total. The summed E-state index contributed by atoms with van der Waals surface area (Å²) in [6, 6.07) is -0.319. The molecule has 0 spiro atoms. The van der Waals surface area contributed by atoms with Crippen LogP contribution in [-0.2, 0) is 71.7 Å². The van der Waals surface area contributed by atoms with Gasteiger partial charge in [0.15, 0.2) is 24.5 Å². The Balaban J connectivity index is 0.000000636. The predicted molar refractivity (Wildman–Crippen MR) is 338 cm³/mol. The van der Waals surface area contributed by atoms with E-state index in [1.165, 1.54) is 72.8 Å². The Kier molecular flexibility index (Phi) is 36.5. The first-order valence-electron chi connectivity index (χ1n) is 32.9. The quantitative estimate of drug-likeness (QED) is 0.0110. The summed E-state index contributed by atoms with van der Waals surface area (Å²) in [4.78, 5) is 65.4. The van der Waals surface area contributed by atoms with Gasteiger partial charge >= 0.3 is 22.3 Å². The van der Waals surface area contributed by atoms with Crippen LogP contribution in [0.2, 0.25) is 0 Å². The van der Waals surface area contributed by atoms with Crippen molar-refractivity contribution in [2.45, 2.75) is 302 Å². The number of ether oxygens (including phenoxy) is 7. The summed E-state index contributed by atoms with van der Waals surface area (Å²) >= 11 is 0. The van der Waals surface area contributed by atoms with Crippen LogP contribution in [-0.4, -0.2) is 203 Å². The highest BCUT2D eigenvalue weighted by Gasteiger charge is 2.54. The maximum atomic E-state index is 14.2. The minimum atomic E-state index is -4.23. The van der Waals surface area contributed by atoms with E-state index in [0.717, 1.165) is 25.7 Å². The number of nitrogens with zero attached hydrogens (tertiary/aromatic N) is 1. The van der Waals surface area contributed by atoms with E-state index in [1.807, 2.05) is 38.1 Å². The van der Waals surface area contributed by atoms with E-state index < -0.39 is 148 Å². The van der Waals surface area contributed by atoms with Gasteiger partial charge in [-0.25, -0.2) is 4.18 Å². The Labute approximate surface area is 537 Å². The lowest BCUT2D eigenvalue weighted by atomic mass is 9.74. The van der Waals surface area contributed by atoms with Gasteiger partial charge in [0.2, 0.25) is 0 Å². The van der Waals surface area contributed by atoms with Crippen LogP contribution in [0.25, 0.3) is 0 Å². The van der Waals surface area contributed by atoms with Gasteiger partial charge in [-0.2, -0.15) is 8.42 Å². The van der Waals surface area contributed by atoms with Crippen LogP contribution in [0.3, 0.4) is 0 Å². The van der Waals surface area contributed by atoms with Crippen molar-refractivity contribution in [3.05, 3.63) is 24.3 Å². The van der Waals surface area contributed by atoms with Gasteiger partial charge in [-0.05, 0) is 100 Å². The monoisotopic (exact) mass is 1310 g/mol. The minimum Gasteiger partial charge on any atom is -0.459 e. The summed E-state index contributed by atoms with van der Waals surface area (Å²) in [5, 5.41) is 65.5. The Morgan fingerprint density at radius 1 is 0.756 bits per heavy atom. The lowest BCUT2D eigenvalue weighted by Crippen LogP contribution is -2.61. The summed E-state index contributed by atoms with van der Waals surface area (Å²) < 4.78 is 76.6. The van der Waals surface area contributed by atoms with E-state index in [2.05, 4.69) is 18.0 Å². The first-order chi connectivity index (χ1) is 42.0. The minimum absolute atomic E-state index is 0.0760. The van der Waals surface area contributed by atoms with Gasteiger partial charge in [0.1, 0.15) is 36.0 Å². The summed E-state index contributed by atoms with van der Waals surface area (Å²) in [6.45, 7) is 22.4. The molecule has 24 heteroatoms. The zero-order valence-corrected chi connectivity index (χ0v) is 57.7. The number of Topliss-reactive ketones (excluding diaryl/α,β-unsaturated/α-hetero) is 2. The van der Waals surface area contributed by atoms with E-state index in [4.69, 9.17) is 37.7 Å². The van der Waals surface area contributed by atoms with Gasteiger partial charge < -0.3 is 73.5 Å². The second-order valence-corrected chi connectivity index (χ2v) is 27.4. The van der Waals surface area contributed by atoms with Gasteiger partial charge in [0, 0.05) is 37.7 Å². The SMILES string of the molecule is CCC(=O)OC1C(OC2C(C)C(OC3CC(C)(OC)C(O)C(C)O3)C(C)C(=O)OC(CC)C(C)(O)C(O)C(C)C(=O)C(C)CC2(C)O)OC(C)CC1N(C)C.CCCC=CC=CC1CC(O)C(O)C(=O)C1C=O.CCCCCCCCCCCCOS(=O)(=O)O. The average molecular weight is 1310 g/mol. The summed E-state index contributed by atoms with van der Waals surface area (Å²) in [6.07, 6.45) is 9.90. The maximum absolute atomic E-state index is 14.2. The molecule has 0 aromatic rings. The number of carbonyl (C=O) groups is 5. The second kappa shape index (κ2) is 39.6. The predicted octanol–water partition coefficient (Wildman–Crippen LogP) is 7.50. The fourth-order valence-corrected chi connectivity index (χ4v) is 12.9. The van der Waals surface area contributed by atoms with Crippen molar-refractivity contribution >= 4 is 40.2 Å². The molecule has 0 aromatic heterocycles. The summed E-state index contributed by atoms with van der Waals surface area (Å²) in [7, 11) is 0.973. The highest BCUT2D eigenvalue weighted by molar-refractivity contribution is 7.80. The van der Waals surface area contributed by atoms with Crippen molar-refractivity contribution in [3.8, 4) is 0 Å². The third kappa shape index (κ3) is 25.5. The molecule has 1 saturated carbocycles. The molecule has 0 aromatic carbocycles.